The van der Waals surface area contributed by atoms with Gasteiger partial charge in [0.05, 0.1) is 12.2 Å². The molecule has 0 heterocycles. The number of benzene rings is 1. The zero-order valence-electron chi connectivity index (χ0n) is 7.79. The maximum absolute atomic E-state index is 10.9. The Morgan fingerprint density at radius 3 is 2.50 bits per heavy atom. The molecule has 0 saturated carbocycles. The fraction of sp³-hybridized carbons (Fsp3) is 0.364. The van der Waals surface area contributed by atoms with Crippen LogP contribution in [0, 0.1) is 0 Å². The van der Waals surface area contributed by atoms with E-state index in [1.165, 1.54) is 5.56 Å². The van der Waals surface area contributed by atoms with Crippen LogP contribution in [0.3, 0.4) is 0 Å². The highest BCUT2D eigenvalue weighted by Gasteiger charge is 2.17. The zero-order valence-corrected chi connectivity index (χ0v) is 7.79. The SMILES string of the molecule is O=C(O)c1cc2c(cc1CO)CCC2. The van der Waals surface area contributed by atoms with Gasteiger partial charge in [-0.25, -0.2) is 4.79 Å². The maximum atomic E-state index is 10.9. The second-order valence-corrected chi connectivity index (χ2v) is 3.59. The van der Waals surface area contributed by atoms with Crippen molar-refractivity contribution in [2.24, 2.45) is 0 Å². The summed E-state index contributed by atoms with van der Waals surface area (Å²) >= 11 is 0. The molecule has 0 saturated heterocycles. The summed E-state index contributed by atoms with van der Waals surface area (Å²) in [6, 6.07) is 3.53. The fourth-order valence-corrected chi connectivity index (χ4v) is 2.01. The van der Waals surface area contributed by atoms with Crippen molar-refractivity contribution in [1.29, 1.82) is 0 Å². The number of carbonyl (C=O) groups is 1. The summed E-state index contributed by atoms with van der Waals surface area (Å²) in [5.41, 5.74) is 3.09. The Morgan fingerprint density at radius 2 is 1.93 bits per heavy atom. The van der Waals surface area contributed by atoms with Gasteiger partial charge in [-0.15, -0.1) is 0 Å². The number of hydrogen-bond acceptors (Lipinski definition) is 2. The van der Waals surface area contributed by atoms with Gasteiger partial charge in [-0.2, -0.15) is 0 Å². The molecule has 0 radical (unpaired) electrons. The van der Waals surface area contributed by atoms with E-state index in [4.69, 9.17) is 10.2 Å². The Balaban J connectivity index is 2.54. The van der Waals surface area contributed by atoms with Crippen molar-refractivity contribution in [2.75, 3.05) is 0 Å². The summed E-state index contributed by atoms with van der Waals surface area (Å²) in [6.07, 6.45) is 3.05. The van der Waals surface area contributed by atoms with Crippen LogP contribution in [0.1, 0.15) is 33.5 Å². The van der Waals surface area contributed by atoms with Crippen LogP contribution in [0.15, 0.2) is 12.1 Å². The minimum atomic E-state index is -0.955. The first-order valence-electron chi connectivity index (χ1n) is 4.71. The van der Waals surface area contributed by atoms with Crippen molar-refractivity contribution in [1.82, 2.24) is 0 Å². The third-order valence-corrected chi connectivity index (χ3v) is 2.72. The monoisotopic (exact) mass is 192 g/mol. The lowest BCUT2D eigenvalue weighted by atomic mass is 10.0. The number of aromatic carboxylic acids is 1. The summed E-state index contributed by atoms with van der Waals surface area (Å²) in [5, 5.41) is 18.0. The van der Waals surface area contributed by atoms with Crippen LogP contribution < -0.4 is 0 Å². The van der Waals surface area contributed by atoms with Gasteiger partial charge in [0.15, 0.2) is 0 Å². The van der Waals surface area contributed by atoms with E-state index in [0.717, 1.165) is 24.8 Å². The van der Waals surface area contributed by atoms with Gasteiger partial charge in [0, 0.05) is 0 Å². The lowest BCUT2D eigenvalue weighted by Crippen LogP contribution is -2.04. The molecule has 0 spiro atoms. The highest BCUT2D eigenvalue weighted by Crippen LogP contribution is 2.25. The number of aryl methyl sites for hydroxylation is 2. The third kappa shape index (κ3) is 1.40. The number of carboxylic acid groups (broad SMARTS) is 1. The number of carboxylic acids is 1. The van der Waals surface area contributed by atoms with Gasteiger partial charge in [-0.05, 0) is 42.0 Å². The number of fused-ring (bicyclic) bond motifs is 1. The second kappa shape index (κ2) is 3.42. The van der Waals surface area contributed by atoms with Gasteiger partial charge >= 0.3 is 5.97 Å². The van der Waals surface area contributed by atoms with E-state index >= 15 is 0 Å². The first-order chi connectivity index (χ1) is 6.72. The highest BCUT2D eigenvalue weighted by atomic mass is 16.4. The smallest absolute Gasteiger partial charge is 0.336 e. The van der Waals surface area contributed by atoms with Crippen LogP contribution in [0.4, 0.5) is 0 Å². The molecule has 0 bridgehead atoms. The summed E-state index contributed by atoms with van der Waals surface area (Å²) < 4.78 is 0. The van der Waals surface area contributed by atoms with Gasteiger partial charge < -0.3 is 10.2 Å². The van der Waals surface area contributed by atoms with E-state index in [2.05, 4.69) is 0 Å². The van der Waals surface area contributed by atoms with Crippen molar-refractivity contribution in [3.05, 3.63) is 34.4 Å². The Hall–Kier alpha value is -1.35. The Bertz CT molecular complexity index is 382. The predicted molar refractivity (Wildman–Crippen MR) is 51.3 cm³/mol. The summed E-state index contributed by atoms with van der Waals surface area (Å²) in [6.45, 7) is -0.199. The predicted octanol–water partition coefficient (Wildman–Crippen LogP) is 1.37. The van der Waals surface area contributed by atoms with Gasteiger partial charge in [-0.1, -0.05) is 6.07 Å². The molecule has 1 aliphatic carbocycles. The average molecular weight is 192 g/mol. The molecule has 3 nitrogen and oxygen atoms in total. The highest BCUT2D eigenvalue weighted by molar-refractivity contribution is 5.89. The summed E-state index contributed by atoms with van der Waals surface area (Å²) in [4.78, 5) is 10.9. The lowest BCUT2D eigenvalue weighted by molar-refractivity contribution is 0.0693. The number of hydrogen-bond donors (Lipinski definition) is 2. The zero-order chi connectivity index (χ0) is 10.1. The number of aliphatic hydroxyl groups excluding tert-OH is 1. The van der Waals surface area contributed by atoms with E-state index in [9.17, 15) is 4.79 Å². The van der Waals surface area contributed by atoms with Crippen molar-refractivity contribution in [3.63, 3.8) is 0 Å². The molecular weight excluding hydrogens is 180 g/mol. The molecule has 74 valence electrons. The molecular formula is C11H12O3. The molecule has 0 amide bonds. The molecule has 0 aliphatic heterocycles. The van der Waals surface area contributed by atoms with E-state index in [0.29, 0.717) is 5.56 Å². The summed E-state index contributed by atoms with van der Waals surface area (Å²) in [7, 11) is 0. The summed E-state index contributed by atoms with van der Waals surface area (Å²) in [5.74, 6) is -0.955. The average Bonchev–Trinajstić information content (AvgIpc) is 2.62. The van der Waals surface area contributed by atoms with Gasteiger partial charge in [-0.3, -0.25) is 0 Å². The van der Waals surface area contributed by atoms with Crippen molar-refractivity contribution >= 4 is 5.97 Å². The normalized spacial score (nSPS) is 14.1. The van der Waals surface area contributed by atoms with E-state index in [-0.39, 0.29) is 12.2 Å². The largest absolute Gasteiger partial charge is 0.478 e. The topological polar surface area (TPSA) is 57.5 Å². The molecule has 14 heavy (non-hydrogen) atoms. The standard InChI is InChI=1S/C11H12O3/c12-6-9-4-7-2-1-3-8(7)5-10(9)11(13)14/h4-5,12H,1-3,6H2,(H,13,14). The van der Waals surface area contributed by atoms with Gasteiger partial charge in [0.1, 0.15) is 0 Å². The van der Waals surface area contributed by atoms with Crippen LogP contribution in [0.25, 0.3) is 0 Å². The first kappa shape index (κ1) is 9.21. The van der Waals surface area contributed by atoms with Crippen LogP contribution in [0.2, 0.25) is 0 Å². The van der Waals surface area contributed by atoms with Gasteiger partial charge in [0.25, 0.3) is 0 Å². The first-order valence-corrected chi connectivity index (χ1v) is 4.71. The van der Waals surface area contributed by atoms with Crippen LogP contribution >= 0.6 is 0 Å². The van der Waals surface area contributed by atoms with Gasteiger partial charge in [0.2, 0.25) is 0 Å². The Morgan fingerprint density at radius 1 is 1.29 bits per heavy atom. The molecule has 0 atom stereocenters. The van der Waals surface area contributed by atoms with E-state index in [1.807, 2.05) is 6.07 Å². The molecule has 1 aliphatic rings. The molecule has 0 aromatic heterocycles. The molecule has 3 heteroatoms. The third-order valence-electron chi connectivity index (χ3n) is 2.72. The molecule has 0 fully saturated rings. The van der Waals surface area contributed by atoms with Crippen molar-refractivity contribution in [3.8, 4) is 0 Å². The van der Waals surface area contributed by atoms with Crippen molar-refractivity contribution in [2.45, 2.75) is 25.9 Å². The number of aliphatic hydroxyl groups is 1. The minimum absolute atomic E-state index is 0.199. The molecule has 0 unspecified atom stereocenters. The van der Waals surface area contributed by atoms with E-state index < -0.39 is 5.97 Å². The maximum Gasteiger partial charge on any atom is 0.336 e. The molecule has 1 aromatic carbocycles. The quantitative estimate of drug-likeness (QED) is 0.744. The van der Waals surface area contributed by atoms with Crippen LogP contribution in [0.5, 0.6) is 0 Å². The van der Waals surface area contributed by atoms with Crippen LogP contribution in [-0.4, -0.2) is 16.2 Å². The lowest BCUT2D eigenvalue weighted by Gasteiger charge is -2.06. The Kier molecular flexibility index (Phi) is 2.25. The van der Waals surface area contributed by atoms with Crippen molar-refractivity contribution < 1.29 is 15.0 Å². The molecule has 1 aromatic rings. The minimum Gasteiger partial charge on any atom is -0.478 e. The van der Waals surface area contributed by atoms with E-state index in [1.54, 1.807) is 6.07 Å². The molecule has 2 N–H and O–H groups in total. The Labute approximate surface area is 82.0 Å². The fourth-order valence-electron chi connectivity index (χ4n) is 2.01. The number of rotatable bonds is 2. The molecule has 2 rings (SSSR count). The van der Waals surface area contributed by atoms with Crippen LogP contribution in [-0.2, 0) is 19.4 Å². The second-order valence-electron chi connectivity index (χ2n) is 3.59.